The van der Waals surface area contributed by atoms with Gasteiger partial charge < -0.3 is 11.1 Å². The number of nitrogens with two attached hydrogens (primary N) is 1. The average Bonchev–Trinajstić information content (AvgIpc) is 2.51. The van der Waals surface area contributed by atoms with Gasteiger partial charge in [-0.2, -0.15) is 0 Å². The highest BCUT2D eigenvalue weighted by atomic mass is 32.1. The zero-order valence-corrected chi connectivity index (χ0v) is 9.23. The highest BCUT2D eigenvalue weighted by Gasteiger charge is 2.06. The Labute approximate surface area is 87.5 Å². The summed E-state index contributed by atoms with van der Waals surface area (Å²) in [5, 5.41) is 5.79. The highest BCUT2D eigenvalue weighted by Crippen LogP contribution is 2.08. The van der Waals surface area contributed by atoms with Gasteiger partial charge in [0.25, 0.3) is 0 Å². The van der Waals surface area contributed by atoms with E-state index in [1.807, 2.05) is 12.3 Å². The largest absolute Gasteiger partial charge is 0.354 e. The first-order valence-corrected chi connectivity index (χ1v) is 5.42. The summed E-state index contributed by atoms with van der Waals surface area (Å²) in [5.74, 6) is -0.113. The molecule has 0 aromatic carbocycles. The molecule has 14 heavy (non-hydrogen) atoms. The predicted octanol–water partition coefficient (Wildman–Crippen LogP) is 0.457. The van der Waals surface area contributed by atoms with E-state index in [9.17, 15) is 4.79 Å². The van der Waals surface area contributed by atoms with Gasteiger partial charge in [-0.25, -0.2) is 4.98 Å². The van der Waals surface area contributed by atoms with Crippen molar-refractivity contribution in [1.82, 2.24) is 10.3 Å². The molecule has 78 valence electrons. The van der Waals surface area contributed by atoms with Crippen LogP contribution in [0.25, 0.3) is 0 Å². The number of aryl methyl sites for hydroxylation is 1. The maximum absolute atomic E-state index is 11.1. The first-order valence-electron chi connectivity index (χ1n) is 4.54. The molecule has 0 aliphatic rings. The van der Waals surface area contributed by atoms with Gasteiger partial charge in [-0.15, -0.1) is 11.3 Å². The quantitative estimate of drug-likeness (QED) is 0.763. The van der Waals surface area contributed by atoms with E-state index < -0.39 is 6.04 Å². The fourth-order valence-corrected chi connectivity index (χ4v) is 1.75. The van der Waals surface area contributed by atoms with Crippen LogP contribution >= 0.6 is 11.3 Å². The molecule has 0 spiro atoms. The van der Waals surface area contributed by atoms with Crippen molar-refractivity contribution < 1.29 is 4.79 Å². The van der Waals surface area contributed by atoms with Crippen molar-refractivity contribution in [2.45, 2.75) is 26.3 Å². The molecule has 0 radical (unpaired) electrons. The second-order valence-electron chi connectivity index (χ2n) is 3.21. The number of amides is 1. The number of aromatic nitrogens is 1. The third-order valence-electron chi connectivity index (χ3n) is 1.72. The van der Waals surface area contributed by atoms with E-state index in [1.54, 1.807) is 18.3 Å². The lowest BCUT2D eigenvalue weighted by Gasteiger charge is -2.05. The second kappa shape index (κ2) is 5.07. The van der Waals surface area contributed by atoms with Crippen LogP contribution in [0.4, 0.5) is 0 Å². The number of nitrogens with zero attached hydrogens (tertiary/aromatic N) is 1. The summed E-state index contributed by atoms with van der Waals surface area (Å²) in [6.45, 7) is 4.23. The van der Waals surface area contributed by atoms with Crippen LogP contribution in [0, 0.1) is 6.92 Å². The monoisotopic (exact) mass is 213 g/mol. The van der Waals surface area contributed by atoms with Crippen molar-refractivity contribution in [3.63, 3.8) is 0 Å². The molecule has 0 saturated heterocycles. The number of hydrogen-bond acceptors (Lipinski definition) is 4. The first-order chi connectivity index (χ1) is 6.59. The lowest BCUT2D eigenvalue weighted by atomic mass is 10.3. The van der Waals surface area contributed by atoms with Gasteiger partial charge in [0.1, 0.15) is 0 Å². The van der Waals surface area contributed by atoms with Crippen LogP contribution in [-0.2, 0) is 11.2 Å². The summed E-state index contributed by atoms with van der Waals surface area (Å²) < 4.78 is 0. The van der Waals surface area contributed by atoms with Crippen LogP contribution in [0.1, 0.15) is 17.6 Å². The lowest BCUT2D eigenvalue weighted by molar-refractivity contribution is -0.121. The van der Waals surface area contributed by atoms with E-state index in [-0.39, 0.29) is 5.91 Å². The Hall–Kier alpha value is -0.940. The molecule has 3 N–H and O–H groups in total. The lowest BCUT2D eigenvalue weighted by Crippen LogP contribution is -2.39. The van der Waals surface area contributed by atoms with Crippen molar-refractivity contribution in [3.8, 4) is 0 Å². The summed E-state index contributed by atoms with van der Waals surface area (Å²) in [7, 11) is 0. The van der Waals surface area contributed by atoms with Gasteiger partial charge >= 0.3 is 0 Å². The molecule has 1 amide bonds. The minimum atomic E-state index is -0.437. The molecule has 1 atom stereocenters. The van der Waals surface area contributed by atoms with E-state index in [4.69, 9.17) is 5.73 Å². The van der Waals surface area contributed by atoms with Crippen LogP contribution < -0.4 is 11.1 Å². The minimum Gasteiger partial charge on any atom is -0.354 e. The van der Waals surface area contributed by atoms with Crippen LogP contribution in [0.2, 0.25) is 0 Å². The molecule has 0 fully saturated rings. The van der Waals surface area contributed by atoms with Gasteiger partial charge in [0.15, 0.2) is 0 Å². The normalized spacial score (nSPS) is 12.5. The number of carbonyl (C=O) groups excluding carboxylic acids is 1. The van der Waals surface area contributed by atoms with Crippen molar-refractivity contribution in [2.24, 2.45) is 5.73 Å². The zero-order valence-electron chi connectivity index (χ0n) is 8.41. The summed E-state index contributed by atoms with van der Waals surface area (Å²) in [6, 6.07) is -0.437. The van der Waals surface area contributed by atoms with Gasteiger partial charge in [-0.3, -0.25) is 4.79 Å². The van der Waals surface area contributed by atoms with Gasteiger partial charge in [0.2, 0.25) is 5.91 Å². The third kappa shape index (κ3) is 3.43. The van der Waals surface area contributed by atoms with Crippen LogP contribution in [-0.4, -0.2) is 23.5 Å². The molecule has 0 aliphatic heterocycles. The SMILES string of the molecule is Cc1csc(CCNC(=O)[C@H](C)N)n1. The molecule has 0 unspecified atom stereocenters. The van der Waals surface area contributed by atoms with Gasteiger partial charge in [0, 0.05) is 24.0 Å². The molecular formula is C9H15N3OS. The minimum absolute atomic E-state index is 0.113. The standard InChI is InChI=1S/C9H15N3OS/c1-6-5-14-8(12-6)3-4-11-9(13)7(2)10/h5,7H,3-4,10H2,1-2H3,(H,11,13)/t7-/m0/s1. The van der Waals surface area contributed by atoms with Crippen LogP contribution in [0.3, 0.4) is 0 Å². The molecule has 5 heteroatoms. The Morgan fingerprint density at radius 2 is 2.50 bits per heavy atom. The molecule has 0 bridgehead atoms. The van der Waals surface area contributed by atoms with Gasteiger partial charge in [0.05, 0.1) is 11.0 Å². The zero-order chi connectivity index (χ0) is 10.6. The Morgan fingerprint density at radius 3 is 3.00 bits per heavy atom. The molecule has 0 aliphatic carbocycles. The summed E-state index contributed by atoms with van der Waals surface area (Å²) in [5.41, 5.74) is 6.43. The Balaban J connectivity index is 2.25. The summed E-state index contributed by atoms with van der Waals surface area (Å²) >= 11 is 1.62. The summed E-state index contributed by atoms with van der Waals surface area (Å²) in [6.07, 6.45) is 0.775. The Morgan fingerprint density at radius 1 is 1.79 bits per heavy atom. The summed E-state index contributed by atoms with van der Waals surface area (Å²) in [4.78, 5) is 15.4. The molecule has 1 aromatic rings. The van der Waals surface area contributed by atoms with Crippen LogP contribution in [0.15, 0.2) is 5.38 Å². The predicted molar refractivity (Wildman–Crippen MR) is 57.2 cm³/mol. The smallest absolute Gasteiger partial charge is 0.236 e. The Bertz CT molecular complexity index is 309. The second-order valence-corrected chi connectivity index (χ2v) is 4.15. The van der Waals surface area contributed by atoms with Crippen LogP contribution in [0.5, 0.6) is 0 Å². The van der Waals surface area contributed by atoms with E-state index in [1.165, 1.54) is 0 Å². The number of carbonyl (C=O) groups is 1. The highest BCUT2D eigenvalue weighted by molar-refractivity contribution is 7.09. The Kier molecular flexibility index (Phi) is 4.03. The number of rotatable bonds is 4. The molecule has 0 saturated carbocycles. The first kappa shape index (κ1) is 11.1. The fourth-order valence-electron chi connectivity index (χ4n) is 0.971. The van der Waals surface area contributed by atoms with Crippen molar-refractivity contribution in [1.29, 1.82) is 0 Å². The van der Waals surface area contributed by atoms with Crippen molar-refractivity contribution in [2.75, 3.05) is 6.54 Å². The third-order valence-corrected chi connectivity index (χ3v) is 2.74. The van der Waals surface area contributed by atoms with Crippen molar-refractivity contribution >= 4 is 17.2 Å². The number of nitrogens with one attached hydrogen (secondary N) is 1. The van der Waals surface area contributed by atoms with Crippen molar-refractivity contribution in [3.05, 3.63) is 16.1 Å². The maximum atomic E-state index is 11.1. The maximum Gasteiger partial charge on any atom is 0.236 e. The molecular weight excluding hydrogens is 198 g/mol. The van der Waals surface area contributed by atoms with E-state index in [2.05, 4.69) is 10.3 Å². The molecule has 1 rings (SSSR count). The number of thiazole rings is 1. The van der Waals surface area contributed by atoms with E-state index >= 15 is 0 Å². The molecule has 1 heterocycles. The molecule has 4 nitrogen and oxygen atoms in total. The number of hydrogen-bond donors (Lipinski definition) is 2. The topological polar surface area (TPSA) is 68.0 Å². The average molecular weight is 213 g/mol. The molecule has 1 aromatic heterocycles. The van der Waals surface area contributed by atoms with Gasteiger partial charge in [-0.1, -0.05) is 0 Å². The van der Waals surface area contributed by atoms with E-state index in [0.29, 0.717) is 6.54 Å². The fraction of sp³-hybridized carbons (Fsp3) is 0.556. The van der Waals surface area contributed by atoms with E-state index in [0.717, 1.165) is 17.1 Å². The van der Waals surface area contributed by atoms with Gasteiger partial charge in [-0.05, 0) is 13.8 Å².